The summed E-state index contributed by atoms with van der Waals surface area (Å²) in [6, 6.07) is 7.98. The lowest BCUT2D eigenvalue weighted by Gasteiger charge is -2.35. The van der Waals surface area contributed by atoms with Crippen molar-refractivity contribution >= 4 is 17.4 Å². The molecular formula is C19H19F3N4O. The van der Waals surface area contributed by atoms with Crippen molar-refractivity contribution in [2.75, 3.05) is 25.0 Å². The van der Waals surface area contributed by atoms with Gasteiger partial charge in [0, 0.05) is 38.1 Å². The highest BCUT2D eigenvalue weighted by Crippen LogP contribution is 2.31. The van der Waals surface area contributed by atoms with Crippen LogP contribution in [-0.4, -0.2) is 35.4 Å². The van der Waals surface area contributed by atoms with Crippen LogP contribution in [0.15, 0.2) is 36.5 Å². The first-order chi connectivity index (χ1) is 13.3. The summed E-state index contributed by atoms with van der Waals surface area (Å²) in [5.74, 6) is 0.318. The van der Waals surface area contributed by atoms with Crippen molar-refractivity contribution in [1.29, 1.82) is 0 Å². The van der Waals surface area contributed by atoms with Crippen LogP contribution in [0.5, 0.6) is 0 Å². The lowest BCUT2D eigenvalue weighted by Crippen LogP contribution is -2.52. The van der Waals surface area contributed by atoms with E-state index in [4.69, 9.17) is 1.41 Å². The number of pyridine rings is 1. The van der Waals surface area contributed by atoms with E-state index in [0.717, 1.165) is 29.1 Å². The third kappa shape index (κ3) is 3.62. The molecular weight excluding hydrogens is 357 g/mol. The third-order valence-corrected chi connectivity index (χ3v) is 4.98. The quantitative estimate of drug-likeness (QED) is 0.864. The number of halogens is 3. The van der Waals surface area contributed by atoms with Crippen molar-refractivity contribution in [2.24, 2.45) is 5.92 Å². The Morgan fingerprint density at radius 2 is 2.11 bits per heavy atom. The molecule has 142 valence electrons. The zero-order chi connectivity index (χ0) is 19.9. The molecule has 2 N–H and O–H groups in total. The molecule has 0 unspecified atom stereocenters. The van der Waals surface area contributed by atoms with Gasteiger partial charge in [0.15, 0.2) is 0 Å². The Morgan fingerprint density at radius 3 is 2.78 bits per heavy atom. The molecule has 3 heterocycles. The molecule has 1 fully saturated rings. The number of fused-ring (bicyclic) bond motifs is 1. The van der Waals surface area contributed by atoms with E-state index in [1.165, 1.54) is 11.4 Å². The molecule has 8 heteroatoms. The Balaban J connectivity index is 1.48. The molecule has 27 heavy (non-hydrogen) atoms. The van der Waals surface area contributed by atoms with E-state index in [0.29, 0.717) is 38.4 Å². The van der Waals surface area contributed by atoms with Crippen LogP contribution in [0.25, 0.3) is 0 Å². The van der Waals surface area contributed by atoms with Crippen LogP contribution in [0.4, 0.5) is 24.7 Å². The second-order valence-electron chi connectivity index (χ2n) is 6.79. The van der Waals surface area contributed by atoms with Gasteiger partial charge >= 0.3 is 6.18 Å². The average molecular weight is 377 g/mol. The Labute approximate surface area is 156 Å². The number of anilines is 2. The molecule has 1 saturated heterocycles. The summed E-state index contributed by atoms with van der Waals surface area (Å²) in [4.78, 5) is 18.2. The Bertz CT molecular complexity index is 882. The van der Waals surface area contributed by atoms with Crippen LogP contribution < -0.4 is 10.6 Å². The highest BCUT2D eigenvalue weighted by atomic mass is 19.4. The van der Waals surface area contributed by atoms with Gasteiger partial charge in [-0.25, -0.2) is 4.98 Å². The fraction of sp³-hybridized carbons (Fsp3) is 0.368. The molecule has 1 aromatic heterocycles. The fourth-order valence-electron chi connectivity index (χ4n) is 3.36. The zero-order valence-corrected chi connectivity index (χ0v) is 14.5. The van der Waals surface area contributed by atoms with Crippen LogP contribution in [0, 0.1) is 5.92 Å². The Kier molecular flexibility index (Phi) is 4.20. The Hall–Kier alpha value is -2.61. The van der Waals surface area contributed by atoms with Gasteiger partial charge in [-0.05, 0) is 35.7 Å². The van der Waals surface area contributed by atoms with Crippen LogP contribution in [0.1, 0.15) is 16.7 Å². The lowest BCUT2D eigenvalue weighted by atomic mass is 9.95. The number of carbonyl (C=O) groups is 1. The number of nitrogens with zero attached hydrogens (tertiary/aromatic N) is 2. The van der Waals surface area contributed by atoms with E-state index in [2.05, 4.69) is 10.3 Å². The third-order valence-electron chi connectivity index (χ3n) is 4.98. The van der Waals surface area contributed by atoms with Crippen LogP contribution in [-0.2, 0) is 23.9 Å². The topological polar surface area (TPSA) is 57.3 Å². The predicted molar refractivity (Wildman–Crippen MR) is 94.4 cm³/mol. The van der Waals surface area contributed by atoms with Gasteiger partial charge in [-0.15, -0.1) is 0 Å². The van der Waals surface area contributed by atoms with Gasteiger partial charge in [-0.3, -0.25) is 4.79 Å². The standard InChI is InChI=1S/C19H19F3N4O/c20-19(21,22)14-4-5-17(24-10-14)25-16-3-1-2-12-11-26(7-6-15(12)16)18(27)13-8-23-9-13/h1-5,10,13,23H,6-9,11H2,(H,24,25)/i/hD. The average Bonchev–Trinajstić information content (AvgIpc) is 2.64. The Morgan fingerprint density at radius 1 is 1.30 bits per heavy atom. The second kappa shape index (κ2) is 6.84. The molecule has 2 aliphatic heterocycles. The molecule has 4 rings (SSSR count). The highest BCUT2D eigenvalue weighted by molar-refractivity contribution is 5.80. The van der Waals surface area contributed by atoms with E-state index >= 15 is 0 Å². The maximum absolute atomic E-state index is 12.7. The van der Waals surface area contributed by atoms with E-state index in [1.807, 2.05) is 23.1 Å². The smallest absolute Gasteiger partial charge is 0.340 e. The minimum atomic E-state index is -4.41. The lowest BCUT2D eigenvalue weighted by molar-refractivity contribution is -0.138. The van der Waals surface area contributed by atoms with Gasteiger partial charge in [0.2, 0.25) is 5.91 Å². The fourth-order valence-corrected chi connectivity index (χ4v) is 3.36. The number of amides is 1. The molecule has 0 aliphatic carbocycles. The van der Waals surface area contributed by atoms with Gasteiger partial charge in [0.1, 0.15) is 7.23 Å². The molecule has 0 radical (unpaired) electrons. The number of hydrogen-bond donors (Lipinski definition) is 2. The van der Waals surface area contributed by atoms with Crippen LogP contribution >= 0.6 is 0 Å². The molecule has 0 spiro atoms. The molecule has 2 aromatic rings. The number of benzene rings is 1. The summed E-state index contributed by atoms with van der Waals surface area (Å²) in [5, 5.41) is 4.47. The van der Waals surface area contributed by atoms with Crippen molar-refractivity contribution in [3.63, 3.8) is 0 Å². The number of hydrogen-bond acceptors (Lipinski definition) is 4. The number of aromatic nitrogens is 1. The molecule has 1 aromatic carbocycles. The van der Waals surface area contributed by atoms with E-state index in [9.17, 15) is 18.0 Å². The predicted octanol–water partition coefficient (Wildman–Crippen LogP) is 2.95. The molecule has 0 saturated carbocycles. The number of rotatable bonds is 3. The molecule has 0 bridgehead atoms. The summed E-state index contributed by atoms with van der Waals surface area (Å²) in [7, 11) is 0. The van der Waals surface area contributed by atoms with Gasteiger partial charge in [-0.1, -0.05) is 12.1 Å². The number of alkyl halides is 3. The summed E-state index contributed by atoms with van der Waals surface area (Å²) < 4.78 is 45.5. The molecule has 5 nitrogen and oxygen atoms in total. The van der Waals surface area contributed by atoms with Crippen molar-refractivity contribution in [1.82, 2.24) is 15.2 Å². The van der Waals surface area contributed by atoms with Crippen molar-refractivity contribution in [3.05, 3.63) is 53.2 Å². The van der Waals surface area contributed by atoms with E-state index in [-0.39, 0.29) is 11.8 Å². The highest BCUT2D eigenvalue weighted by Gasteiger charge is 2.32. The van der Waals surface area contributed by atoms with Crippen LogP contribution in [0.3, 0.4) is 0 Å². The summed E-state index contributed by atoms with van der Waals surface area (Å²) in [6.07, 6.45) is -2.95. The van der Waals surface area contributed by atoms with Gasteiger partial charge in [0.05, 0.1) is 11.5 Å². The summed E-state index contributed by atoms with van der Waals surface area (Å²) >= 11 is 0. The summed E-state index contributed by atoms with van der Waals surface area (Å²) in [6.45, 7) is 2.03. The zero-order valence-electron chi connectivity index (χ0n) is 15.5. The maximum atomic E-state index is 12.7. The van der Waals surface area contributed by atoms with E-state index in [1.54, 1.807) is 0 Å². The minimum Gasteiger partial charge on any atom is -0.340 e. The number of carbonyl (C=O) groups excluding carboxylic acids is 1. The first-order valence-corrected chi connectivity index (χ1v) is 8.75. The largest absolute Gasteiger partial charge is 0.417 e. The maximum Gasteiger partial charge on any atom is 0.417 e. The second-order valence-corrected chi connectivity index (χ2v) is 6.79. The van der Waals surface area contributed by atoms with Crippen LogP contribution in [0.2, 0.25) is 1.41 Å². The minimum absolute atomic E-state index is 0.0805. The molecule has 0 atom stereocenters. The molecule has 2 aliphatic rings. The van der Waals surface area contributed by atoms with Gasteiger partial charge < -0.3 is 15.5 Å². The molecule has 1 amide bonds. The van der Waals surface area contributed by atoms with Crippen molar-refractivity contribution in [3.8, 4) is 0 Å². The number of nitrogens with one attached hydrogen (secondary N) is 2. The van der Waals surface area contributed by atoms with E-state index < -0.39 is 11.7 Å². The first kappa shape index (κ1) is 16.6. The monoisotopic (exact) mass is 377 g/mol. The first-order valence-electron chi connectivity index (χ1n) is 9.19. The SMILES string of the molecule is [2H]N1CC(C(=O)N2CCc3c(cccc3Nc3ccc(C(F)(F)F)cn3)C2)C1. The summed E-state index contributed by atoms with van der Waals surface area (Å²) in [5.41, 5.74) is 2.06. The van der Waals surface area contributed by atoms with Gasteiger partial charge in [-0.2, -0.15) is 13.2 Å². The van der Waals surface area contributed by atoms with Gasteiger partial charge in [0.25, 0.3) is 0 Å². The van der Waals surface area contributed by atoms with Crippen molar-refractivity contribution < 1.29 is 19.4 Å². The normalized spacial score (nSPS) is 18.5. The van der Waals surface area contributed by atoms with Crippen molar-refractivity contribution in [2.45, 2.75) is 19.1 Å².